The third-order valence-corrected chi connectivity index (χ3v) is 0. The van der Waals surface area contributed by atoms with Crippen LogP contribution in [0, 0.1) is 0 Å². The molecule has 0 spiro atoms. The first kappa shape index (κ1) is 3.86. The summed E-state index contributed by atoms with van der Waals surface area (Å²) in [6.45, 7) is 4.00. The Morgan fingerprint density at radius 1 is 1.50 bits per heavy atom. The van der Waals surface area contributed by atoms with E-state index in [9.17, 15) is 0 Å². The maximum atomic E-state index is 8.00. The molecule has 2 heteroatoms. The van der Waals surface area contributed by atoms with Gasteiger partial charge in [0, 0.05) is 12.1 Å². The lowest BCUT2D eigenvalue weighted by atomic mass is 11.0. The fourth-order valence-electron chi connectivity index (χ4n) is 0. The van der Waals surface area contributed by atoms with Gasteiger partial charge in [-0.25, -0.2) is 0 Å². The van der Waals surface area contributed by atoms with E-state index >= 15 is 0 Å². The highest BCUT2D eigenvalue weighted by molar-refractivity contribution is 3.50. The van der Waals surface area contributed by atoms with Gasteiger partial charge in [0.1, 0.15) is 0 Å². The molecule has 0 aromatic carbocycles. The molecular formula is C2H8F2. The average Bonchev–Trinajstić information content (AvgIpc) is 1.81. The number of hydrogen-bond donors (Lipinski definition) is 0. The minimum Gasteiger partial charge on any atom is -0.0683 e. The van der Waals surface area contributed by atoms with Crippen molar-refractivity contribution in [1.82, 2.24) is 0 Å². The maximum absolute atomic E-state index is 8.00. The number of rotatable bonds is 0. The van der Waals surface area contributed by atoms with E-state index in [1.165, 1.54) is 0 Å². The molecule has 0 rings (SSSR count). The zero-order chi connectivity index (χ0) is 6.00. The molecule has 0 saturated heterocycles. The van der Waals surface area contributed by atoms with Crippen molar-refractivity contribution in [3.05, 3.63) is 0 Å². The van der Waals surface area contributed by atoms with Gasteiger partial charge in [0.05, 0.1) is 0 Å². The Labute approximate surface area is 27.4 Å². The third-order valence-electron chi connectivity index (χ3n) is 0. The molecule has 0 amide bonds. The lowest BCUT2D eigenvalue weighted by Gasteiger charge is -1.07. The van der Waals surface area contributed by atoms with Crippen LogP contribution in [0.5, 0.6) is 0 Å². The van der Waals surface area contributed by atoms with Gasteiger partial charge in [0.2, 0.25) is 0 Å². The maximum Gasteiger partial charge on any atom is 0 e. The predicted octanol–water partition coefficient (Wildman–Crippen LogP) is 2.11. The fourth-order valence-corrected chi connectivity index (χ4v) is 0. The molecule has 0 heterocycles. The topological polar surface area (TPSA) is 0 Å². The van der Waals surface area contributed by atoms with Gasteiger partial charge in [-0.05, 0) is 0 Å². The van der Waals surface area contributed by atoms with Crippen LogP contribution in [0.15, 0.2) is 0 Å². The lowest BCUT2D eigenvalue weighted by Crippen LogP contribution is -0.856. The minimum atomic E-state index is 2.00. The molecule has 0 fully saturated rings. The summed E-state index contributed by atoms with van der Waals surface area (Å²) in [5, 5.41) is 0. The predicted molar refractivity (Wildman–Crippen MR) is 15.7 cm³/mol. The molecule has 0 atom stereocenters. The Kier molecular flexibility index (Phi) is 487. The van der Waals surface area contributed by atoms with Crippen LogP contribution in [0.1, 0.15) is 16.8 Å². The van der Waals surface area contributed by atoms with Crippen LogP contribution in [0.2, 0.25) is 0 Å². The zero-order valence-electron chi connectivity index (χ0n) is 4.76. The number of hydrogen-bond acceptors (Lipinski definition) is 0. The molecule has 0 saturated carbocycles. The molecular weight excluding hydrogens is 62.0 g/mol. The molecule has 0 nitrogen and oxygen atoms in total. The molecule has 0 aliphatic rings. The van der Waals surface area contributed by atoms with Gasteiger partial charge in [0.25, 0.3) is 0 Å². The van der Waals surface area contributed by atoms with E-state index in [0.29, 0.717) is 0 Å². The summed E-state index contributed by atoms with van der Waals surface area (Å²) >= 11 is 0. The van der Waals surface area contributed by atoms with E-state index in [-0.39, 0.29) is 0 Å². The van der Waals surface area contributed by atoms with Crippen molar-refractivity contribution >= 4 is 0 Å². The second-order valence-corrected chi connectivity index (χ2v) is 0. The molecule has 0 aliphatic carbocycles. The fraction of sp³-hybridized carbons (Fsp3) is 1.00. The van der Waals surface area contributed by atoms with Gasteiger partial charge in [-0.1, -0.05) is 13.8 Å². The van der Waals surface area contributed by atoms with Crippen molar-refractivity contribution in [3.63, 3.8) is 0 Å². The zero-order valence-corrected chi connectivity index (χ0v) is 2.76. The first-order chi connectivity index (χ1) is 3.00. The Bertz CT molecular complexity index is 9.51. The van der Waals surface area contributed by atoms with Crippen molar-refractivity contribution in [1.29, 1.82) is 0 Å². The second-order valence-electron chi connectivity index (χ2n) is 0. The molecule has 4 heavy (non-hydrogen) atoms. The molecule has 0 aromatic rings. The monoisotopic (exact) mass is 74.1 g/mol. The van der Waals surface area contributed by atoms with Crippen LogP contribution in [-0.2, 0) is 0 Å². The van der Waals surface area contributed by atoms with Crippen LogP contribution in [0.3, 0.4) is 0 Å². The molecule has 0 bridgehead atoms. The summed E-state index contributed by atoms with van der Waals surface area (Å²) in [7, 11) is 0. The summed E-state index contributed by atoms with van der Waals surface area (Å²) in [5.41, 5.74) is 0. The smallest absolute Gasteiger partial charge is 0 e. The van der Waals surface area contributed by atoms with Crippen LogP contribution in [0.4, 0.5) is 9.15 Å². The molecule has 0 N–H and O–H groups in total. The van der Waals surface area contributed by atoms with Crippen LogP contribution >= 0.6 is 0 Å². The number of halogens is 2. The third kappa shape index (κ3) is 70.2. The van der Waals surface area contributed by atoms with Crippen molar-refractivity contribution < 1.29 is 12.1 Å². The molecule has 0 aliphatic heterocycles. The molecule has 0 radical (unpaired) electrons. The Morgan fingerprint density at radius 3 is 1.50 bits per heavy atom. The average molecular weight is 74.1 g/mol. The molecule has 30 valence electrons. The van der Waals surface area contributed by atoms with Crippen molar-refractivity contribution in [2.45, 2.75) is 13.8 Å². The van der Waals surface area contributed by atoms with Gasteiger partial charge in [-0.3, -0.25) is 0 Å². The van der Waals surface area contributed by atoms with E-state index in [0.717, 1.165) is 0 Å². The van der Waals surface area contributed by atoms with E-state index in [1.807, 2.05) is 13.8 Å². The van der Waals surface area contributed by atoms with E-state index in [1.54, 1.807) is 0 Å². The Morgan fingerprint density at radius 2 is 1.50 bits per heavy atom. The Balaban J connectivity index is -0.0000000225. The first-order valence-corrected chi connectivity index (χ1v) is 1.14. The minimum absolute atomic E-state index is 2.00. The Hall–Kier alpha value is -0.140. The van der Waals surface area contributed by atoms with E-state index in [4.69, 9.17) is 12.1 Å². The first-order valence-electron chi connectivity index (χ1n) is 2.14. The van der Waals surface area contributed by atoms with E-state index < -0.39 is 0 Å². The van der Waals surface area contributed by atoms with Crippen LogP contribution in [0.25, 0.3) is 0 Å². The SMILES string of the molecule is CC.FF.[3H][3H]. The molecule has 0 aromatic heterocycles. The van der Waals surface area contributed by atoms with Crippen LogP contribution < -0.4 is 0 Å². The van der Waals surface area contributed by atoms with Gasteiger partial charge in [-0.15, -0.1) is 0 Å². The molecule has 0 unspecified atom stereocenters. The van der Waals surface area contributed by atoms with Gasteiger partial charge < -0.3 is 0 Å². The van der Waals surface area contributed by atoms with Gasteiger partial charge in [0.15, 0.2) is 0 Å². The second kappa shape index (κ2) is 505. The van der Waals surface area contributed by atoms with Crippen molar-refractivity contribution in [2.75, 3.05) is 0 Å². The van der Waals surface area contributed by atoms with Crippen LogP contribution in [-0.4, -0.2) is 0 Å². The summed E-state index contributed by atoms with van der Waals surface area (Å²) in [6.07, 6.45) is 0. The normalized spacial score (nSPS) is 5.00. The quantitative estimate of drug-likeness (QED) is 0.413. The summed E-state index contributed by atoms with van der Waals surface area (Å²) in [6, 6.07) is 0. The highest BCUT2D eigenvalue weighted by atomic mass is 20.0. The highest BCUT2D eigenvalue weighted by Crippen LogP contribution is 1.42. The standard InChI is InChI=1S/C2H6.F2.H2/c2*1-2;/h1-2H3;;1H/i;;1+2T. The highest BCUT2D eigenvalue weighted by Gasteiger charge is 1.00. The van der Waals surface area contributed by atoms with Crippen molar-refractivity contribution in [3.8, 4) is 0 Å². The van der Waals surface area contributed by atoms with Gasteiger partial charge in [-0.2, -0.15) is 0 Å². The lowest BCUT2D eigenvalue weighted by molar-refractivity contribution is 0.108. The van der Waals surface area contributed by atoms with Crippen molar-refractivity contribution in [2.24, 2.45) is 0 Å². The summed E-state index contributed by atoms with van der Waals surface area (Å²) < 4.78 is 26.0. The van der Waals surface area contributed by atoms with Gasteiger partial charge >= 0.3 is 0 Å². The summed E-state index contributed by atoms with van der Waals surface area (Å²) in [5.74, 6) is 0. The largest absolute Gasteiger partial charge is 0.0683 e. The summed E-state index contributed by atoms with van der Waals surface area (Å²) in [4.78, 5) is 0. The van der Waals surface area contributed by atoms with E-state index in [2.05, 4.69) is 0 Å².